The molecule has 1 fully saturated rings. The SMILES string of the molecule is O=C(Cc1ccccc1O)NCCNC(=O)C1CC1. The Morgan fingerprint density at radius 1 is 1.16 bits per heavy atom. The summed E-state index contributed by atoms with van der Waals surface area (Å²) in [4.78, 5) is 22.9. The first-order chi connectivity index (χ1) is 9.16. The molecule has 1 aliphatic rings. The zero-order valence-corrected chi connectivity index (χ0v) is 10.7. The molecule has 1 aromatic rings. The quantitative estimate of drug-likeness (QED) is 0.656. The number of hydrogen-bond donors (Lipinski definition) is 3. The van der Waals surface area contributed by atoms with Gasteiger partial charge in [0.05, 0.1) is 6.42 Å². The van der Waals surface area contributed by atoms with E-state index in [1.807, 2.05) is 0 Å². The fourth-order valence-electron chi connectivity index (χ4n) is 1.77. The Morgan fingerprint density at radius 2 is 1.84 bits per heavy atom. The Labute approximate surface area is 112 Å². The summed E-state index contributed by atoms with van der Waals surface area (Å²) in [6.07, 6.45) is 2.10. The van der Waals surface area contributed by atoms with Crippen molar-refractivity contribution in [2.24, 2.45) is 5.92 Å². The molecule has 5 heteroatoms. The third-order valence-electron chi connectivity index (χ3n) is 3.04. The van der Waals surface area contributed by atoms with Gasteiger partial charge in [0.2, 0.25) is 11.8 Å². The lowest BCUT2D eigenvalue weighted by molar-refractivity contribution is -0.123. The Morgan fingerprint density at radius 3 is 2.53 bits per heavy atom. The molecule has 5 nitrogen and oxygen atoms in total. The van der Waals surface area contributed by atoms with Crippen LogP contribution in [0.3, 0.4) is 0 Å². The van der Waals surface area contributed by atoms with Crippen LogP contribution in [0.4, 0.5) is 0 Å². The van der Waals surface area contributed by atoms with E-state index < -0.39 is 0 Å². The van der Waals surface area contributed by atoms with Gasteiger partial charge >= 0.3 is 0 Å². The smallest absolute Gasteiger partial charge is 0.224 e. The first-order valence-corrected chi connectivity index (χ1v) is 6.48. The summed E-state index contributed by atoms with van der Waals surface area (Å²) in [7, 11) is 0. The van der Waals surface area contributed by atoms with Gasteiger partial charge in [-0.3, -0.25) is 9.59 Å². The van der Waals surface area contributed by atoms with Crippen molar-refractivity contribution in [3.63, 3.8) is 0 Å². The van der Waals surface area contributed by atoms with E-state index in [2.05, 4.69) is 10.6 Å². The molecule has 3 N–H and O–H groups in total. The molecule has 2 amide bonds. The molecular formula is C14H18N2O3. The molecule has 2 rings (SSSR count). The lowest BCUT2D eigenvalue weighted by Gasteiger charge is -2.07. The minimum absolute atomic E-state index is 0.0787. The van der Waals surface area contributed by atoms with Crippen LogP contribution in [0.1, 0.15) is 18.4 Å². The highest BCUT2D eigenvalue weighted by atomic mass is 16.3. The van der Waals surface area contributed by atoms with Crippen molar-refractivity contribution in [2.75, 3.05) is 13.1 Å². The number of para-hydroxylation sites is 1. The first-order valence-electron chi connectivity index (χ1n) is 6.48. The third-order valence-corrected chi connectivity index (χ3v) is 3.04. The van der Waals surface area contributed by atoms with Crippen molar-refractivity contribution in [1.29, 1.82) is 0 Å². The molecule has 1 aromatic carbocycles. The van der Waals surface area contributed by atoms with Gasteiger partial charge in [0, 0.05) is 24.6 Å². The maximum atomic E-state index is 11.6. The van der Waals surface area contributed by atoms with Crippen molar-refractivity contribution >= 4 is 11.8 Å². The van der Waals surface area contributed by atoms with E-state index >= 15 is 0 Å². The van der Waals surface area contributed by atoms with E-state index in [-0.39, 0.29) is 29.9 Å². The molecule has 0 saturated heterocycles. The Hall–Kier alpha value is -2.04. The average molecular weight is 262 g/mol. The van der Waals surface area contributed by atoms with Gasteiger partial charge < -0.3 is 15.7 Å². The Balaban J connectivity index is 1.64. The van der Waals surface area contributed by atoms with E-state index in [0.29, 0.717) is 18.7 Å². The summed E-state index contributed by atoms with van der Waals surface area (Å²) in [5.41, 5.74) is 0.599. The van der Waals surface area contributed by atoms with Crippen LogP contribution in [0.5, 0.6) is 5.75 Å². The molecule has 102 valence electrons. The highest BCUT2D eigenvalue weighted by Crippen LogP contribution is 2.28. The van der Waals surface area contributed by atoms with Crippen molar-refractivity contribution < 1.29 is 14.7 Å². The van der Waals surface area contributed by atoms with Crippen LogP contribution < -0.4 is 10.6 Å². The van der Waals surface area contributed by atoms with Crippen LogP contribution in [0.25, 0.3) is 0 Å². The monoisotopic (exact) mass is 262 g/mol. The van der Waals surface area contributed by atoms with Gasteiger partial charge in [0.15, 0.2) is 0 Å². The van der Waals surface area contributed by atoms with E-state index in [9.17, 15) is 14.7 Å². The van der Waals surface area contributed by atoms with E-state index in [1.165, 1.54) is 0 Å². The fourth-order valence-corrected chi connectivity index (χ4v) is 1.77. The first kappa shape index (κ1) is 13.4. The molecule has 0 aliphatic heterocycles. The predicted molar refractivity (Wildman–Crippen MR) is 70.6 cm³/mol. The van der Waals surface area contributed by atoms with Crippen LogP contribution in [0, 0.1) is 5.92 Å². The molecule has 1 saturated carbocycles. The standard InChI is InChI=1S/C14H18N2O3/c17-12-4-2-1-3-11(12)9-13(18)15-7-8-16-14(19)10-5-6-10/h1-4,10,17H,5-9H2,(H,15,18)(H,16,19). The zero-order chi connectivity index (χ0) is 13.7. The number of hydrogen-bond acceptors (Lipinski definition) is 3. The topological polar surface area (TPSA) is 78.4 Å². The molecule has 0 bridgehead atoms. The van der Waals surface area contributed by atoms with Gasteiger partial charge in [-0.15, -0.1) is 0 Å². The Bertz CT molecular complexity index is 470. The van der Waals surface area contributed by atoms with E-state index in [0.717, 1.165) is 12.8 Å². The number of aromatic hydroxyl groups is 1. The number of carbonyl (C=O) groups is 2. The summed E-state index contributed by atoms with van der Waals surface area (Å²) in [6.45, 7) is 0.854. The maximum Gasteiger partial charge on any atom is 0.224 e. The number of rotatable bonds is 6. The number of amides is 2. The van der Waals surface area contributed by atoms with Gasteiger partial charge in [-0.1, -0.05) is 18.2 Å². The van der Waals surface area contributed by atoms with Gasteiger partial charge in [-0.2, -0.15) is 0 Å². The maximum absolute atomic E-state index is 11.6. The average Bonchev–Trinajstić information content (AvgIpc) is 3.21. The minimum atomic E-state index is -0.165. The number of phenolic OH excluding ortho intramolecular Hbond substituents is 1. The number of phenols is 1. The number of benzene rings is 1. The fraction of sp³-hybridized carbons (Fsp3) is 0.429. The molecule has 0 aromatic heterocycles. The van der Waals surface area contributed by atoms with Crippen LogP contribution in [-0.4, -0.2) is 30.0 Å². The summed E-state index contributed by atoms with van der Waals surface area (Å²) >= 11 is 0. The van der Waals surface area contributed by atoms with Gasteiger partial charge in [-0.05, 0) is 18.9 Å². The van der Waals surface area contributed by atoms with Crippen LogP contribution in [-0.2, 0) is 16.0 Å². The molecule has 0 unspecified atom stereocenters. The summed E-state index contributed by atoms with van der Waals surface area (Å²) in [5, 5.41) is 15.0. The molecule has 0 heterocycles. The summed E-state index contributed by atoms with van der Waals surface area (Å²) < 4.78 is 0. The van der Waals surface area contributed by atoms with Gasteiger partial charge in [0.1, 0.15) is 5.75 Å². The molecule has 0 radical (unpaired) electrons. The second kappa shape index (κ2) is 6.22. The lowest BCUT2D eigenvalue weighted by atomic mass is 10.1. The van der Waals surface area contributed by atoms with Crippen LogP contribution in [0.2, 0.25) is 0 Å². The summed E-state index contributed by atoms with van der Waals surface area (Å²) in [6, 6.07) is 6.75. The number of carbonyl (C=O) groups excluding carboxylic acids is 2. The van der Waals surface area contributed by atoms with E-state index in [1.54, 1.807) is 24.3 Å². The highest BCUT2D eigenvalue weighted by Gasteiger charge is 2.28. The number of nitrogens with one attached hydrogen (secondary N) is 2. The Kier molecular flexibility index (Phi) is 4.39. The molecule has 0 spiro atoms. The predicted octanol–water partition coefficient (Wildman–Crippen LogP) is 0.577. The van der Waals surface area contributed by atoms with Crippen molar-refractivity contribution in [3.05, 3.63) is 29.8 Å². The van der Waals surface area contributed by atoms with Gasteiger partial charge in [-0.25, -0.2) is 0 Å². The normalized spacial score (nSPS) is 13.9. The van der Waals surface area contributed by atoms with Crippen LogP contribution in [0.15, 0.2) is 24.3 Å². The third kappa shape index (κ3) is 4.28. The zero-order valence-electron chi connectivity index (χ0n) is 10.7. The lowest BCUT2D eigenvalue weighted by Crippen LogP contribution is -2.35. The van der Waals surface area contributed by atoms with Crippen LogP contribution >= 0.6 is 0 Å². The van der Waals surface area contributed by atoms with Gasteiger partial charge in [0.25, 0.3) is 0 Å². The van der Waals surface area contributed by atoms with Crippen molar-refractivity contribution in [1.82, 2.24) is 10.6 Å². The summed E-state index contributed by atoms with van der Waals surface area (Å²) in [5.74, 6) is 0.230. The highest BCUT2D eigenvalue weighted by molar-refractivity contribution is 5.81. The second-order valence-corrected chi connectivity index (χ2v) is 4.72. The van der Waals surface area contributed by atoms with E-state index in [4.69, 9.17) is 0 Å². The molecular weight excluding hydrogens is 244 g/mol. The largest absolute Gasteiger partial charge is 0.508 e. The second-order valence-electron chi connectivity index (χ2n) is 4.72. The molecule has 0 atom stereocenters. The molecule has 19 heavy (non-hydrogen) atoms. The van der Waals surface area contributed by atoms with Crippen molar-refractivity contribution in [2.45, 2.75) is 19.3 Å². The minimum Gasteiger partial charge on any atom is -0.508 e. The molecule has 1 aliphatic carbocycles. The van der Waals surface area contributed by atoms with Crippen molar-refractivity contribution in [3.8, 4) is 5.75 Å².